The van der Waals surface area contributed by atoms with Crippen LogP contribution in [0.1, 0.15) is 328 Å². The molecule has 0 radical (unpaired) electrons. The first kappa shape index (κ1) is 72.0. The minimum Gasteiger partial charge on any atom is -0.756 e. The highest BCUT2D eigenvalue weighted by Crippen LogP contribution is 2.38. The van der Waals surface area contributed by atoms with E-state index in [4.69, 9.17) is 9.05 Å². The molecule has 0 heterocycles. The second-order valence-corrected chi connectivity index (χ2v) is 24.9. The zero-order valence-electron chi connectivity index (χ0n) is 49.6. The lowest BCUT2D eigenvalue weighted by Gasteiger charge is -2.29. The number of hydrogen-bond acceptors (Lipinski definition) is 6. The van der Waals surface area contributed by atoms with Gasteiger partial charge in [0.1, 0.15) is 13.2 Å². The summed E-state index contributed by atoms with van der Waals surface area (Å²) in [5.74, 6) is -0.192. The number of amides is 1. The molecule has 434 valence electrons. The van der Waals surface area contributed by atoms with Crippen molar-refractivity contribution in [3.63, 3.8) is 0 Å². The SMILES string of the molecule is CCCCCCCCCCCCCC/C=C\CCCCCCCCCCCCCCC(=O)NC(COP(=O)([O-])OCC[N+](C)(C)C)C(O)/C=C/CCCCCCCCCCCCCCCCCCCCCCC. The Bertz CT molecular complexity index is 1240. The van der Waals surface area contributed by atoms with E-state index < -0.39 is 20.0 Å². The molecule has 0 fully saturated rings. The van der Waals surface area contributed by atoms with E-state index in [1.54, 1.807) is 6.08 Å². The van der Waals surface area contributed by atoms with Crippen LogP contribution in [0, 0.1) is 0 Å². The van der Waals surface area contributed by atoms with Crippen molar-refractivity contribution in [2.45, 2.75) is 341 Å². The maximum absolute atomic E-state index is 13.0. The van der Waals surface area contributed by atoms with Crippen LogP contribution in [0.2, 0.25) is 0 Å². The fourth-order valence-electron chi connectivity index (χ4n) is 9.86. The van der Waals surface area contributed by atoms with Crippen LogP contribution in [-0.2, 0) is 18.4 Å². The summed E-state index contributed by atoms with van der Waals surface area (Å²) in [7, 11) is 1.28. The lowest BCUT2D eigenvalue weighted by atomic mass is 10.0. The molecule has 0 aliphatic heterocycles. The summed E-state index contributed by atoms with van der Waals surface area (Å²) in [6, 6.07) is -0.886. The van der Waals surface area contributed by atoms with Crippen LogP contribution in [0.5, 0.6) is 0 Å². The van der Waals surface area contributed by atoms with Crippen LogP contribution in [0.25, 0.3) is 0 Å². The average Bonchev–Trinajstić information content (AvgIpc) is 3.35. The Hall–Kier alpha value is -1.02. The van der Waals surface area contributed by atoms with Gasteiger partial charge in [-0.3, -0.25) is 9.36 Å². The Kier molecular flexibility index (Phi) is 54.9. The average molecular weight is 1050 g/mol. The number of aliphatic hydroxyl groups excluding tert-OH is 1. The number of carbonyl (C=O) groups is 1. The van der Waals surface area contributed by atoms with E-state index in [-0.39, 0.29) is 19.1 Å². The highest BCUT2D eigenvalue weighted by molar-refractivity contribution is 7.45. The van der Waals surface area contributed by atoms with E-state index in [1.807, 2.05) is 27.2 Å². The molecular formula is C64H127N2O6P. The van der Waals surface area contributed by atoms with Crippen molar-refractivity contribution in [3.8, 4) is 0 Å². The molecular weight excluding hydrogens is 924 g/mol. The number of aliphatic hydroxyl groups is 1. The second kappa shape index (κ2) is 55.7. The van der Waals surface area contributed by atoms with Crippen molar-refractivity contribution in [3.05, 3.63) is 24.3 Å². The quantitative estimate of drug-likeness (QED) is 0.0272. The van der Waals surface area contributed by atoms with Crippen LogP contribution in [0.15, 0.2) is 24.3 Å². The molecule has 3 unspecified atom stereocenters. The minimum atomic E-state index is -4.60. The predicted octanol–water partition coefficient (Wildman–Crippen LogP) is 19.3. The summed E-state index contributed by atoms with van der Waals surface area (Å²) in [5, 5.41) is 13.9. The Morgan fingerprint density at radius 3 is 1.07 bits per heavy atom. The fraction of sp³-hybridized carbons (Fsp3) is 0.922. The minimum absolute atomic E-state index is 0.00108. The maximum Gasteiger partial charge on any atom is 0.268 e. The Balaban J connectivity index is 4.11. The molecule has 3 atom stereocenters. The van der Waals surface area contributed by atoms with E-state index in [9.17, 15) is 19.4 Å². The highest BCUT2D eigenvalue weighted by atomic mass is 31.2. The number of rotatable bonds is 60. The summed E-state index contributed by atoms with van der Waals surface area (Å²) >= 11 is 0. The Morgan fingerprint density at radius 1 is 0.466 bits per heavy atom. The molecule has 2 N–H and O–H groups in total. The lowest BCUT2D eigenvalue weighted by molar-refractivity contribution is -0.870. The number of allylic oxidation sites excluding steroid dienone is 3. The molecule has 0 aromatic carbocycles. The molecule has 0 bridgehead atoms. The van der Waals surface area contributed by atoms with Gasteiger partial charge in [-0.15, -0.1) is 0 Å². The molecule has 9 heteroatoms. The van der Waals surface area contributed by atoms with Crippen LogP contribution >= 0.6 is 7.82 Å². The van der Waals surface area contributed by atoms with E-state index in [2.05, 4.69) is 31.3 Å². The third kappa shape index (κ3) is 58.5. The summed E-state index contributed by atoms with van der Waals surface area (Å²) in [6.07, 6.45) is 71.3. The summed E-state index contributed by atoms with van der Waals surface area (Å²) in [5.41, 5.74) is 0. The molecule has 0 saturated carbocycles. The van der Waals surface area contributed by atoms with Crippen molar-refractivity contribution in [1.82, 2.24) is 5.32 Å². The van der Waals surface area contributed by atoms with Gasteiger partial charge in [0.15, 0.2) is 0 Å². The third-order valence-corrected chi connectivity index (χ3v) is 15.9. The monoisotopic (exact) mass is 1050 g/mol. The van der Waals surface area contributed by atoms with Crippen molar-refractivity contribution >= 4 is 13.7 Å². The highest BCUT2D eigenvalue weighted by Gasteiger charge is 2.23. The molecule has 0 rings (SSSR count). The first-order valence-corrected chi connectivity index (χ1v) is 33.7. The molecule has 0 aliphatic carbocycles. The molecule has 0 spiro atoms. The third-order valence-electron chi connectivity index (χ3n) is 14.9. The van der Waals surface area contributed by atoms with Gasteiger partial charge in [0.05, 0.1) is 39.9 Å². The summed E-state index contributed by atoms with van der Waals surface area (Å²) < 4.78 is 23.4. The first-order valence-electron chi connectivity index (χ1n) is 32.2. The molecule has 0 aromatic rings. The number of phosphoric ester groups is 1. The molecule has 0 aliphatic rings. The number of nitrogens with one attached hydrogen (secondary N) is 1. The van der Waals surface area contributed by atoms with Crippen LogP contribution in [0.3, 0.4) is 0 Å². The predicted molar refractivity (Wildman–Crippen MR) is 316 cm³/mol. The van der Waals surface area contributed by atoms with Gasteiger partial charge in [-0.1, -0.05) is 301 Å². The number of quaternary nitrogens is 1. The molecule has 73 heavy (non-hydrogen) atoms. The number of unbranched alkanes of at least 4 members (excludes halogenated alkanes) is 45. The number of hydrogen-bond donors (Lipinski definition) is 2. The molecule has 1 amide bonds. The number of phosphoric acid groups is 1. The maximum atomic E-state index is 13.0. The van der Waals surface area contributed by atoms with Gasteiger partial charge in [0, 0.05) is 6.42 Å². The Morgan fingerprint density at radius 2 is 0.753 bits per heavy atom. The van der Waals surface area contributed by atoms with E-state index >= 15 is 0 Å². The largest absolute Gasteiger partial charge is 0.756 e. The Labute approximate surface area is 455 Å². The molecule has 8 nitrogen and oxygen atoms in total. The van der Waals surface area contributed by atoms with Crippen molar-refractivity contribution in [2.24, 2.45) is 0 Å². The molecule has 0 aromatic heterocycles. The van der Waals surface area contributed by atoms with Crippen LogP contribution in [0.4, 0.5) is 0 Å². The van der Waals surface area contributed by atoms with E-state index in [1.165, 1.54) is 270 Å². The van der Waals surface area contributed by atoms with Gasteiger partial charge in [-0.25, -0.2) is 0 Å². The topological polar surface area (TPSA) is 108 Å². The van der Waals surface area contributed by atoms with Gasteiger partial charge in [0.2, 0.25) is 5.91 Å². The van der Waals surface area contributed by atoms with Crippen LogP contribution < -0.4 is 10.2 Å². The van der Waals surface area contributed by atoms with E-state index in [0.717, 1.165) is 38.5 Å². The smallest absolute Gasteiger partial charge is 0.268 e. The fourth-order valence-corrected chi connectivity index (χ4v) is 10.6. The van der Waals surface area contributed by atoms with E-state index in [0.29, 0.717) is 17.4 Å². The zero-order valence-corrected chi connectivity index (χ0v) is 50.5. The number of nitrogens with zero attached hydrogens (tertiary/aromatic N) is 1. The van der Waals surface area contributed by atoms with Gasteiger partial charge >= 0.3 is 0 Å². The van der Waals surface area contributed by atoms with Gasteiger partial charge in [-0.2, -0.15) is 0 Å². The first-order chi connectivity index (χ1) is 35.5. The van der Waals surface area contributed by atoms with Gasteiger partial charge in [-0.05, 0) is 44.9 Å². The number of carbonyl (C=O) groups excluding carboxylic acids is 1. The molecule has 0 saturated heterocycles. The van der Waals surface area contributed by atoms with Crippen LogP contribution in [-0.4, -0.2) is 68.5 Å². The lowest BCUT2D eigenvalue weighted by Crippen LogP contribution is -2.45. The van der Waals surface area contributed by atoms with Crippen molar-refractivity contribution < 1.29 is 32.9 Å². The normalized spacial score (nSPS) is 13.9. The summed E-state index contributed by atoms with van der Waals surface area (Å²) in [6.45, 7) is 4.71. The zero-order chi connectivity index (χ0) is 53.5. The standard InChI is InChI=1S/C64H127N2O6P/c1-6-8-10-12-14-16-18-20-22-24-26-28-30-31-32-33-34-36-38-40-42-44-46-48-50-52-54-56-58-64(68)65-62(61-72-73(69,70)71-60-59-66(3,4)5)63(67)57-55-53-51-49-47-45-43-41-39-37-35-29-27-25-23-21-19-17-15-13-11-9-7-2/h31-32,55,57,62-63,67H,6-30,33-54,56,58-61H2,1-5H3,(H-,65,68,69,70)/b32-31-,57-55+. The summed E-state index contributed by atoms with van der Waals surface area (Å²) in [4.78, 5) is 25.6. The van der Waals surface area contributed by atoms with Crippen molar-refractivity contribution in [2.75, 3.05) is 40.9 Å². The van der Waals surface area contributed by atoms with Gasteiger partial charge < -0.3 is 28.8 Å². The number of likely N-dealkylation sites (N-methyl/N-ethyl adjacent to an activating group) is 1. The van der Waals surface area contributed by atoms with Gasteiger partial charge in [0.25, 0.3) is 7.82 Å². The second-order valence-electron chi connectivity index (χ2n) is 23.5. The van der Waals surface area contributed by atoms with Crippen molar-refractivity contribution in [1.29, 1.82) is 0 Å².